The maximum absolute atomic E-state index is 10.9. The van der Waals surface area contributed by atoms with Gasteiger partial charge in [-0.05, 0) is 45.9 Å². The van der Waals surface area contributed by atoms with Crippen molar-refractivity contribution in [2.75, 3.05) is 32.0 Å². The molecule has 7 nitrogen and oxygen atoms in total. The Hall–Kier alpha value is -1.83. The molecule has 0 aromatic heterocycles. The molecule has 1 aromatic carbocycles. The Labute approximate surface area is 148 Å². The van der Waals surface area contributed by atoms with Crippen LogP contribution in [0.15, 0.2) is 18.2 Å². The number of aromatic carboxylic acids is 1. The highest BCUT2D eigenvalue weighted by Crippen LogP contribution is 2.24. The van der Waals surface area contributed by atoms with E-state index >= 15 is 0 Å². The van der Waals surface area contributed by atoms with Gasteiger partial charge in [-0.15, -0.1) is 0 Å². The largest absolute Gasteiger partial charge is 0.490 e. The number of carbonyl (C=O) groups is 1. The van der Waals surface area contributed by atoms with Gasteiger partial charge in [0.2, 0.25) is 0 Å². The summed E-state index contributed by atoms with van der Waals surface area (Å²) in [5.74, 6) is -1.04. The van der Waals surface area contributed by atoms with E-state index in [2.05, 4.69) is 18.7 Å². The lowest BCUT2D eigenvalue weighted by Gasteiger charge is -2.29. The molecule has 1 aromatic rings. The van der Waals surface area contributed by atoms with E-state index in [1.54, 1.807) is 6.07 Å². The van der Waals surface area contributed by atoms with Crippen LogP contribution in [0.1, 0.15) is 38.1 Å². The molecular weight excluding hydrogens is 324 g/mol. The van der Waals surface area contributed by atoms with Crippen LogP contribution in [0.5, 0.6) is 5.75 Å². The number of nitrogens with two attached hydrogens (primary N) is 1. The van der Waals surface area contributed by atoms with Crippen LogP contribution in [-0.4, -0.2) is 60.2 Å². The molecule has 2 rings (SSSR count). The number of ether oxygens (including phenoxy) is 3. The highest BCUT2D eigenvalue weighted by molar-refractivity contribution is 5.89. The van der Waals surface area contributed by atoms with Gasteiger partial charge in [0.05, 0.1) is 24.0 Å². The van der Waals surface area contributed by atoms with Crippen molar-refractivity contribution in [3.63, 3.8) is 0 Å². The van der Waals surface area contributed by atoms with E-state index in [0.717, 1.165) is 6.54 Å². The van der Waals surface area contributed by atoms with Gasteiger partial charge in [-0.25, -0.2) is 4.79 Å². The van der Waals surface area contributed by atoms with E-state index in [9.17, 15) is 4.79 Å². The average Bonchev–Trinajstić information content (AvgIpc) is 2.86. The number of hydrogen-bond acceptors (Lipinski definition) is 6. The topological polar surface area (TPSA) is 94.2 Å². The molecule has 7 heteroatoms. The van der Waals surface area contributed by atoms with Gasteiger partial charge in [0.25, 0.3) is 0 Å². The number of carboxylic acids is 1. The Morgan fingerprint density at radius 1 is 1.48 bits per heavy atom. The number of nitrogen functional groups attached to an aromatic ring is 1. The van der Waals surface area contributed by atoms with Crippen molar-refractivity contribution in [3.05, 3.63) is 23.8 Å². The van der Waals surface area contributed by atoms with Crippen molar-refractivity contribution < 1.29 is 24.1 Å². The van der Waals surface area contributed by atoms with E-state index in [1.165, 1.54) is 12.1 Å². The minimum Gasteiger partial charge on any atom is -0.490 e. The second-order valence-corrected chi connectivity index (χ2v) is 6.95. The van der Waals surface area contributed by atoms with E-state index in [-0.39, 0.29) is 11.7 Å². The van der Waals surface area contributed by atoms with Crippen LogP contribution in [0.25, 0.3) is 0 Å². The first kappa shape index (κ1) is 19.5. The maximum atomic E-state index is 10.9. The number of anilines is 1. The average molecular weight is 352 g/mol. The van der Waals surface area contributed by atoms with Crippen molar-refractivity contribution in [1.82, 2.24) is 4.90 Å². The first-order valence-electron chi connectivity index (χ1n) is 8.49. The van der Waals surface area contributed by atoms with Gasteiger partial charge in [-0.2, -0.15) is 0 Å². The Bertz CT molecular complexity index is 603. The Morgan fingerprint density at radius 2 is 2.20 bits per heavy atom. The predicted molar refractivity (Wildman–Crippen MR) is 94.9 cm³/mol. The minimum absolute atomic E-state index is 0.0392. The first-order chi connectivity index (χ1) is 11.7. The number of benzene rings is 1. The molecule has 1 aliphatic heterocycles. The smallest absolute Gasteiger partial charge is 0.335 e. The van der Waals surface area contributed by atoms with E-state index in [1.807, 2.05) is 13.8 Å². The van der Waals surface area contributed by atoms with Gasteiger partial charge in [0, 0.05) is 19.1 Å². The summed E-state index contributed by atoms with van der Waals surface area (Å²) in [7, 11) is 0. The highest BCUT2D eigenvalue weighted by atomic mass is 16.7. The van der Waals surface area contributed by atoms with Crippen LogP contribution in [-0.2, 0) is 9.47 Å². The molecule has 1 fully saturated rings. The summed E-state index contributed by atoms with van der Waals surface area (Å²) >= 11 is 0. The lowest BCUT2D eigenvalue weighted by atomic mass is 10.2. The monoisotopic (exact) mass is 352 g/mol. The quantitative estimate of drug-likeness (QED) is 0.693. The highest BCUT2D eigenvalue weighted by Gasteiger charge is 2.33. The molecular formula is C18H28N2O5. The van der Waals surface area contributed by atoms with Crippen LogP contribution in [0, 0.1) is 0 Å². The third-order valence-electron chi connectivity index (χ3n) is 4.13. The van der Waals surface area contributed by atoms with E-state index < -0.39 is 11.8 Å². The van der Waals surface area contributed by atoms with Crippen molar-refractivity contribution >= 4 is 11.7 Å². The van der Waals surface area contributed by atoms with Gasteiger partial charge in [-0.1, -0.05) is 0 Å². The molecule has 0 bridgehead atoms. The number of rotatable bonds is 8. The van der Waals surface area contributed by atoms with Gasteiger partial charge >= 0.3 is 5.97 Å². The maximum Gasteiger partial charge on any atom is 0.335 e. The number of carboxylic acid groups (broad SMARTS) is 1. The van der Waals surface area contributed by atoms with Gasteiger partial charge in [0.1, 0.15) is 12.4 Å². The standard InChI is InChI=1S/C18H28N2O5/c1-12(2)20(10-14-11-24-18(3,4)25-14)7-8-23-16-6-5-13(17(21)22)9-15(16)19/h5-6,9,12,14H,7-8,10-11,19H2,1-4H3,(H,21,22). The lowest BCUT2D eigenvalue weighted by molar-refractivity contribution is -0.141. The molecule has 1 atom stereocenters. The Kier molecular flexibility index (Phi) is 6.26. The second-order valence-electron chi connectivity index (χ2n) is 6.95. The fourth-order valence-electron chi connectivity index (χ4n) is 2.76. The van der Waals surface area contributed by atoms with Crippen LogP contribution < -0.4 is 10.5 Å². The Morgan fingerprint density at radius 3 is 2.72 bits per heavy atom. The summed E-state index contributed by atoms with van der Waals surface area (Å²) in [6.45, 7) is 10.6. The van der Waals surface area contributed by atoms with E-state index in [4.69, 9.17) is 25.1 Å². The summed E-state index contributed by atoms with van der Waals surface area (Å²) in [5, 5.41) is 8.96. The molecule has 1 unspecified atom stereocenters. The summed E-state index contributed by atoms with van der Waals surface area (Å²) in [6.07, 6.45) is 0.0392. The fourth-order valence-corrected chi connectivity index (χ4v) is 2.76. The zero-order valence-corrected chi connectivity index (χ0v) is 15.3. The molecule has 0 aliphatic carbocycles. The molecule has 1 heterocycles. The summed E-state index contributed by atoms with van der Waals surface area (Å²) in [5.41, 5.74) is 6.33. The molecule has 25 heavy (non-hydrogen) atoms. The van der Waals surface area contributed by atoms with Crippen molar-refractivity contribution in [3.8, 4) is 5.75 Å². The molecule has 1 saturated heterocycles. The number of hydrogen-bond donors (Lipinski definition) is 2. The predicted octanol–water partition coefficient (Wildman–Crippen LogP) is 2.21. The minimum atomic E-state index is -1.01. The molecule has 0 amide bonds. The van der Waals surface area contributed by atoms with Crippen molar-refractivity contribution in [2.24, 2.45) is 0 Å². The summed E-state index contributed by atoms with van der Waals surface area (Å²) < 4.78 is 17.2. The van der Waals surface area contributed by atoms with E-state index in [0.29, 0.717) is 37.2 Å². The normalized spacial score (nSPS) is 19.5. The molecule has 0 saturated carbocycles. The number of nitrogens with zero attached hydrogens (tertiary/aromatic N) is 1. The third-order valence-corrected chi connectivity index (χ3v) is 4.13. The third kappa shape index (κ3) is 5.59. The Balaban J connectivity index is 1.86. The zero-order chi connectivity index (χ0) is 18.6. The molecule has 1 aliphatic rings. The van der Waals surface area contributed by atoms with Crippen LogP contribution in [0.4, 0.5) is 5.69 Å². The summed E-state index contributed by atoms with van der Waals surface area (Å²) in [6, 6.07) is 4.82. The van der Waals surface area contributed by atoms with Gasteiger partial charge < -0.3 is 25.1 Å². The van der Waals surface area contributed by atoms with Crippen molar-refractivity contribution in [2.45, 2.75) is 45.6 Å². The molecule has 3 N–H and O–H groups in total. The zero-order valence-electron chi connectivity index (χ0n) is 15.3. The van der Waals surface area contributed by atoms with Crippen molar-refractivity contribution in [1.29, 1.82) is 0 Å². The lowest BCUT2D eigenvalue weighted by Crippen LogP contribution is -2.41. The van der Waals surface area contributed by atoms with Gasteiger partial charge in [0.15, 0.2) is 5.79 Å². The molecule has 140 valence electrons. The summed E-state index contributed by atoms with van der Waals surface area (Å²) in [4.78, 5) is 13.2. The molecule has 0 radical (unpaired) electrons. The first-order valence-corrected chi connectivity index (χ1v) is 8.49. The van der Waals surface area contributed by atoms with Crippen LogP contribution in [0.2, 0.25) is 0 Å². The van der Waals surface area contributed by atoms with Crippen LogP contribution in [0.3, 0.4) is 0 Å². The second kappa shape index (κ2) is 8.03. The van der Waals surface area contributed by atoms with Gasteiger partial charge in [-0.3, -0.25) is 4.90 Å². The fraction of sp³-hybridized carbons (Fsp3) is 0.611. The molecule has 0 spiro atoms. The SMILES string of the molecule is CC(C)N(CCOc1ccc(C(=O)O)cc1N)CC1COC(C)(C)O1. The van der Waals surface area contributed by atoms with Crippen LogP contribution >= 0.6 is 0 Å².